The molecule has 0 saturated heterocycles. The Balaban J connectivity index is 1.24. The number of aryl methyl sites for hydroxylation is 2. The SMILES string of the molecule is C=C(C)C1=C(C=C(C)c2cccc(C3(c4ccccc4)c4ccccc4-c4ccc(C)cc43)c2)C2(c3ccccc31)c1ccccc1-c1c(C)cccc12. The van der Waals surface area contributed by atoms with Crippen molar-refractivity contribution in [2.24, 2.45) is 0 Å². The molecule has 7 aromatic carbocycles. The second kappa shape index (κ2) is 11.9. The van der Waals surface area contributed by atoms with Gasteiger partial charge in [-0.1, -0.05) is 182 Å². The van der Waals surface area contributed by atoms with Crippen molar-refractivity contribution in [2.45, 2.75) is 38.5 Å². The van der Waals surface area contributed by atoms with Gasteiger partial charge in [0, 0.05) is 0 Å². The molecule has 0 N–H and O–H groups in total. The summed E-state index contributed by atoms with van der Waals surface area (Å²) in [7, 11) is 0. The molecule has 0 aliphatic heterocycles. The molecule has 3 aliphatic carbocycles. The van der Waals surface area contributed by atoms with E-state index in [4.69, 9.17) is 0 Å². The van der Waals surface area contributed by atoms with Gasteiger partial charge in [-0.05, 0) is 128 Å². The molecular weight excluding hydrogens is 649 g/mol. The van der Waals surface area contributed by atoms with Gasteiger partial charge in [-0.2, -0.15) is 0 Å². The van der Waals surface area contributed by atoms with Gasteiger partial charge >= 0.3 is 0 Å². The van der Waals surface area contributed by atoms with Gasteiger partial charge in [0.05, 0.1) is 10.8 Å². The monoisotopic (exact) mass is 690 g/mol. The average molecular weight is 691 g/mol. The predicted molar refractivity (Wildman–Crippen MR) is 227 cm³/mol. The second-order valence-electron chi connectivity index (χ2n) is 15.5. The lowest BCUT2D eigenvalue weighted by molar-refractivity contribution is 0.767. The van der Waals surface area contributed by atoms with Crippen molar-refractivity contribution in [3.05, 3.63) is 249 Å². The van der Waals surface area contributed by atoms with Crippen molar-refractivity contribution in [2.75, 3.05) is 0 Å². The molecule has 0 aromatic heterocycles. The lowest BCUT2D eigenvalue weighted by atomic mass is 9.67. The summed E-state index contributed by atoms with van der Waals surface area (Å²) in [6.45, 7) is 13.6. The van der Waals surface area contributed by atoms with Crippen molar-refractivity contribution in [3.8, 4) is 22.3 Å². The van der Waals surface area contributed by atoms with Crippen LogP contribution >= 0.6 is 0 Å². The average Bonchev–Trinajstić information content (AvgIpc) is 3.78. The Morgan fingerprint density at radius 3 is 1.80 bits per heavy atom. The first-order valence-corrected chi connectivity index (χ1v) is 19.1. The minimum Gasteiger partial charge on any atom is -0.0955 e. The van der Waals surface area contributed by atoms with Crippen molar-refractivity contribution in [1.82, 2.24) is 0 Å². The third kappa shape index (κ3) is 4.20. The summed E-state index contributed by atoms with van der Waals surface area (Å²) >= 11 is 0. The molecule has 3 aliphatic rings. The fraction of sp³-hybridized carbons (Fsp3) is 0.111. The maximum atomic E-state index is 4.62. The highest BCUT2D eigenvalue weighted by atomic mass is 14.5. The van der Waals surface area contributed by atoms with Gasteiger partial charge in [0.1, 0.15) is 0 Å². The van der Waals surface area contributed by atoms with Gasteiger partial charge in [-0.3, -0.25) is 0 Å². The van der Waals surface area contributed by atoms with E-state index in [2.05, 4.69) is 204 Å². The summed E-state index contributed by atoms with van der Waals surface area (Å²) in [5.74, 6) is 0. The second-order valence-corrected chi connectivity index (χ2v) is 15.5. The van der Waals surface area contributed by atoms with Crippen LogP contribution in [-0.4, -0.2) is 0 Å². The van der Waals surface area contributed by atoms with E-state index < -0.39 is 10.8 Å². The Hall–Kier alpha value is -6.24. The molecule has 0 radical (unpaired) electrons. The van der Waals surface area contributed by atoms with Crippen LogP contribution in [0.3, 0.4) is 0 Å². The van der Waals surface area contributed by atoms with Gasteiger partial charge in [0.2, 0.25) is 0 Å². The molecular formula is C54H42. The Labute approximate surface area is 319 Å². The van der Waals surface area contributed by atoms with Gasteiger partial charge in [-0.15, -0.1) is 0 Å². The summed E-state index contributed by atoms with van der Waals surface area (Å²) in [5.41, 5.74) is 23.6. The standard InChI is InChI=1S/C54H42/c1-34(2)51-43-23-10-13-26-46(43)54(47-27-14-11-24-44(47)52-36(4)17-15-28-48(52)54)50(51)32-37(5)38-18-16-21-40(33-38)53(39-19-7-6-8-20-39)45-25-12-9-22-41(45)42-30-29-35(3)31-49(42)53/h6-33H,1H2,2-5H3. The Kier molecular flexibility index (Phi) is 7.13. The minimum absolute atomic E-state index is 0.451. The fourth-order valence-electron chi connectivity index (χ4n) is 10.4. The molecule has 7 aromatic rings. The Bertz CT molecular complexity index is 2770. The largest absolute Gasteiger partial charge is 0.0955 e. The molecule has 54 heavy (non-hydrogen) atoms. The lowest BCUT2D eigenvalue weighted by Gasteiger charge is -2.34. The first kappa shape index (κ1) is 32.4. The molecule has 0 heterocycles. The number of allylic oxidation sites excluding steroid dienone is 5. The number of hydrogen-bond donors (Lipinski definition) is 0. The molecule has 10 rings (SSSR count). The van der Waals surface area contributed by atoms with Gasteiger partial charge in [0.15, 0.2) is 0 Å². The normalized spacial score (nSPS) is 19.0. The van der Waals surface area contributed by atoms with Crippen LogP contribution in [0.1, 0.15) is 75.0 Å². The smallest absolute Gasteiger partial charge is 0.0725 e. The minimum atomic E-state index is -0.455. The lowest BCUT2D eigenvalue weighted by Crippen LogP contribution is -2.28. The molecule has 2 atom stereocenters. The highest BCUT2D eigenvalue weighted by molar-refractivity contribution is 6.00. The first-order valence-electron chi connectivity index (χ1n) is 19.1. The molecule has 2 unspecified atom stereocenters. The van der Waals surface area contributed by atoms with Crippen LogP contribution in [0.4, 0.5) is 0 Å². The molecule has 1 spiro atoms. The zero-order valence-corrected chi connectivity index (χ0v) is 31.4. The zero-order valence-electron chi connectivity index (χ0n) is 31.4. The van der Waals surface area contributed by atoms with Crippen LogP contribution in [-0.2, 0) is 10.8 Å². The van der Waals surface area contributed by atoms with Crippen molar-refractivity contribution in [3.63, 3.8) is 0 Å². The molecule has 0 amide bonds. The van der Waals surface area contributed by atoms with E-state index in [-0.39, 0.29) is 0 Å². The maximum absolute atomic E-state index is 4.62. The van der Waals surface area contributed by atoms with Crippen molar-refractivity contribution in [1.29, 1.82) is 0 Å². The van der Waals surface area contributed by atoms with Crippen LogP contribution in [0.15, 0.2) is 188 Å². The first-order chi connectivity index (χ1) is 26.4. The highest BCUT2D eigenvalue weighted by Gasteiger charge is 2.53. The predicted octanol–water partition coefficient (Wildman–Crippen LogP) is 13.4. The van der Waals surface area contributed by atoms with E-state index in [9.17, 15) is 0 Å². The van der Waals surface area contributed by atoms with Crippen LogP contribution < -0.4 is 0 Å². The van der Waals surface area contributed by atoms with E-state index in [1.54, 1.807) is 0 Å². The van der Waals surface area contributed by atoms with Crippen LogP contribution in [0.5, 0.6) is 0 Å². The molecule has 0 heteroatoms. The van der Waals surface area contributed by atoms with Crippen molar-refractivity contribution >= 4 is 11.1 Å². The highest BCUT2D eigenvalue weighted by Crippen LogP contribution is 2.64. The fourth-order valence-corrected chi connectivity index (χ4v) is 10.4. The number of benzene rings is 7. The van der Waals surface area contributed by atoms with Crippen LogP contribution in [0.2, 0.25) is 0 Å². The maximum Gasteiger partial charge on any atom is 0.0725 e. The quantitative estimate of drug-likeness (QED) is 0.169. The summed E-state index contributed by atoms with van der Waals surface area (Å²) in [6.07, 6.45) is 2.49. The third-order valence-corrected chi connectivity index (χ3v) is 12.5. The Morgan fingerprint density at radius 2 is 1.06 bits per heavy atom. The third-order valence-electron chi connectivity index (χ3n) is 12.5. The molecule has 258 valence electrons. The van der Waals surface area contributed by atoms with Crippen molar-refractivity contribution < 1.29 is 0 Å². The molecule has 0 bridgehead atoms. The van der Waals surface area contributed by atoms with E-state index >= 15 is 0 Å². The van der Waals surface area contributed by atoms with E-state index in [0.717, 1.165) is 5.57 Å². The van der Waals surface area contributed by atoms with Gasteiger partial charge in [-0.25, -0.2) is 0 Å². The summed E-state index contributed by atoms with van der Waals surface area (Å²) in [4.78, 5) is 0. The van der Waals surface area contributed by atoms with Crippen LogP contribution in [0, 0.1) is 13.8 Å². The van der Waals surface area contributed by atoms with E-state index in [1.165, 1.54) is 100 Å². The summed E-state index contributed by atoms with van der Waals surface area (Å²) < 4.78 is 0. The van der Waals surface area contributed by atoms with E-state index in [0.29, 0.717) is 0 Å². The number of fused-ring (bicyclic) bond motifs is 10. The summed E-state index contributed by atoms with van der Waals surface area (Å²) in [5, 5.41) is 0. The molecule has 0 fully saturated rings. The topological polar surface area (TPSA) is 0 Å². The van der Waals surface area contributed by atoms with Gasteiger partial charge in [0.25, 0.3) is 0 Å². The number of rotatable bonds is 5. The zero-order chi connectivity index (χ0) is 36.8. The molecule has 0 nitrogen and oxygen atoms in total. The number of hydrogen-bond acceptors (Lipinski definition) is 0. The van der Waals surface area contributed by atoms with Crippen LogP contribution in [0.25, 0.3) is 33.4 Å². The molecule has 0 saturated carbocycles. The van der Waals surface area contributed by atoms with E-state index in [1.807, 2.05) is 0 Å². The summed E-state index contributed by atoms with van der Waals surface area (Å²) in [6, 6.07) is 61.5. The Morgan fingerprint density at radius 1 is 0.481 bits per heavy atom. The van der Waals surface area contributed by atoms with Gasteiger partial charge < -0.3 is 0 Å².